The number of rotatable bonds is 4. The van der Waals surface area contributed by atoms with Crippen LogP contribution in [-0.2, 0) is 4.79 Å². The predicted molar refractivity (Wildman–Crippen MR) is 85.2 cm³/mol. The molecular formula is C16H23BrN2O. The van der Waals surface area contributed by atoms with Crippen LogP contribution in [0.3, 0.4) is 0 Å². The van der Waals surface area contributed by atoms with Crippen LogP contribution in [0.4, 0.5) is 0 Å². The van der Waals surface area contributed by atoms with E-state index in [9.17, 15) is 4.79 Å². The molecule has 3 atom stereocenters. The highest BCUT2D eigenvalue weighted by Gasteiger charge is 2.30. The van der Waals surface area contributed by atoms with Crippen molar-refractivity contribution in [3.8, 4) is 0 Å². The van der Waals surface area contributed by atoms with E-state index in [1.165, 1.54) is 6.42 Å². The zero-order chi connectivity index (χ0) is 14.5. The Morgan fingerprint density at radius 2 is 2.00 bits per heavy atom. The van der Waals surface area contributed by atoms with Crippen molar-refractivity contribution in [1.82, 2.24) is 5.32 Å². The Hall–Kier alpha value is -0.870. The summed E-state index contributed by atoms with van der Waals surface area (Å²) >= 11 is 3.42. The van der Waals surface area contributed by atoms with E-state index in [0.717, 1.165) is 29.3 Å². The van der Waals surface area contributed by atoms with Gasteiger partial charge in [-0.3, -0.25) is 4.79 Å². The second-order valence-corrected chi connectivity index (χ2v) is 6.58. The van der Waals surface area contributed by atoms with Crippen LogP contribution >= 0.6 is 15.9 Å². The molecule has 0 bridgehead atoms. The van der Waals surface area contributed by atoms with Gasteiger partial charge in [-0.05, 0) is 49.9 Å². The quantitative estimate of drug-likeness (QED) is 0.883. The number of carbonyl (C=O) groups is 1. The molecule has 3 N–H and O–H groups in total. The average molecular weight is 339 g/mol. The van der Waals surface area contributed by atoms with Gasteiger partial charge in [0.15, 0.2) is 0 Å². The number of hydrogen-bond acceptors (Lipinski definition) is 2. The lowest BCUT2D eigenvalue weighted by atomic mass is 9.78. The van der Waals surface area contributed by atoms with E-state index in [0.29, 0.717) is 12.5 Å². The van der Waals surface area contributed by atoms with Crippen molar-refractivity contribution in [3.05, 3.63) is 34.3 Å². The molecule has 0 saturated heterocycles. The van der Waals surface area contributed by atoms with Crippen LogP contribution in [0.15, 0.2) is 28.7 Å². The van der Waals surface area contributed by atoms with Gasteiger partial charge in [0.25, 0.3) is 0 Å². The fraction of sp³-hybridized carbons (Fsp3) is 0.562. The number of nitrogens with one attached hydrogen (secondary N) is 1. The molecule has 0 radical (unpaired) electrons. The number of hydrogen-bond donors (Lipinski definition) is 2. The molecule has 20 heavy (non-hydrogen) atoms. The summed E-state index contributed by atoms with van der Waals surface area (Å²) in [7, 11) is 0. The fourth-order valence-electron chi connectivity index (χ4n) is 2.99. The SMILES string of the molecule is C[C@@H](NC(=O)C1CCCCC1CN)c1ccc(Br)cc1. The minimum Gasteiger partial charge on any atom is -0.349 e. The van der Waals surface area contributed by atoms with Gasteiger partial charge < -0.3 is 11.1 Å². The molecule has 110 valence electrons. The summed E-state index contributed by atoms with van der Waals surface area (Å²) in [5, 5.41) is 3.14. The lowest BCUT2D eigenvalue weighted by Crippen LogP contribution is -2.40. The lowest BCUT2D eigenvalue weighted by Gasteiger charge is -2.30. The van der Waals surface area contributed by atoms with Crippen molar-refractivity contribution in [2.24, 2.45) is 17.6 Å². The van der Waals surface area contributed by atoms with Crippen LogP contribution < -0.4 is 11.1 Å². The molecule has 1 aromatic carbocycles. The zero-order valence-electron chi connectivity index (χ0n) is 11.9. The van der Waals surface area contributed by atoms with Crippen LogP contribution in [0, 0.1) is 11.8 Å². The van der Waals surface area contributed by atoms with Gasteiger partial charge in [0.2, 0.25) is 5.91 Å². The van der Waals surface area contributed by atoms with E-state index < -0.39 is 0 Å². The Balaban J connectivity index is 1.97. The highest BCUT2D eigenvalue weighted by Crippen LogP contribution is 2.30. The van der Waals surface area contributed by atoms with Crippen molar-refractivity contribution in [1.29, 1.82) is 0 Å². The molecule has 1 aliphatic carbocycles. The lowest BCUT2D eigenvalue weighted by molar-refractivity contribution is -0.128. The number of amides is 1. The van der Waals surface area contributed by atoms with Crippen LogP contribution in [0.2, 0.25) is 0 Å². The van der Waals surface area contributed by atoms with Crippen molar-refractivity contribution >= 4 is 21.8 Å². The van der Waals surface area contributed by atoms with Gasteiger partial charge in [-0.15, -0.1) is 0 Å². The van der Waals surface area contributed by atoms with Crippen LogP contribution in [0.25, 0.3) is 0 Å². The molecule has 2 rings (SSSR count). The van der Waals surface area contributed by atoms with Crippen molar-refractivity contribution < 1.29 is 4.79 Å². The fourth-order valence-corrected chi connectivity index (χ4v) is 3.25. The third kappa shape index (κ3) is 3.83. The molecule has 0 spiro atoms. The van der Waals surface area contributed by atoms with Gasteiger partial charge in [0, 0.05) is 10.4 Å². The van der Waals surface area contributed by atoms with Crippen molar-refractivity contribution in [3.63, 3.8) is 0 Å². The zero-order valence-corrected chi connectivity index (χ0v) is 13.5. The maximum Gasteiger partial charge on any atom is 0.223 e. The molecule has 0 aliphatic heterocycles. The van der Waals surface area contributed by atoms with E-state index in [2.05, 4.69) is 21.2 Å². The smallest absolute Gasteiger partial charge is 0.223 e. The maximum absolute atomic E-state index is 12.4. The van der Waals surface area contributed by atoms with Gasteiger partial charge >= 0.3 is 0 Å². The Bertz CT molecular complexity index is 446. The van der Waals surface area contributed by atoms with Crippen LogP contribution in [0.5, 0.6) is 0 Å². The van der Waals surface area contributed by atoms with Gasteiger partial charge in [-0.25, -0.2) is 0 Å². The molecule has 3 nitrogen and oxygen atoms in total. The van der Waals surface area contributed by atoms with E-state index in [-0.39, 0.29) is 17.9 Å². The van der Waals surface area contributed by atoms with Gasteiger partial charge in [0.05, 0.1) is 6.04 Å². The van der Waals surface area contributed by atoms with E-state index in [4.69, 9.17) is 5.73 Å². The molecule has 1 aromatic rings. The first kappa shape index (κ1) is 15.5. The van der Waals surface area contributed by atoms with Crippen LogP contribution in [-0.4, -0.2) is 12.5 Å². The third-order valence-electron chi connectivity index (χ3n) is 4.28. The Morgan fingerprint density at radius 1 is 1.35 bits per heavy atom. The standard InChI is InChI=1S/C16H23BrN2O/c1-11(12-6-8-14(17)9-7-12)19-16(20)15-5-3-2-4-13(15)10-18/h6-9,11,13,15H,2-5,10,18H2,1H3,(H,19,20)/t11-,13?,15?/m1/s1. The second-order valence-electron chi connectivity index (χ2n) is 5.67. The third-order valence-corrected chi connectivity index (χ3v) is 4.81. The molecule has 1 amide bonds. The normalized spacial score (nSPS) is 24.1. The summed E-state index contributed by atoms with van der Waals surface area (Å²) in [6.07, 6.45) is 4.40. The monoisotopic (exact) mass is 338 g/mol. The number of carbonyl (C=O) groups excluding carboxylic acids is 1. The highest BCUT2D eigenvalue weighted by molar-refractivity contribution is 9.10. The highest BCUT2D eigenvalue weighted by atomic mass is 79.9. The first-order chi connectivity index (χ1) is 9.61. The van der Waals surface area contributed by atoms with Gasteiger partial charge in [-0.2, -0.15) is 0 Å². The number of nitrogens with two attached hydrogens (primary N) is 1. The summed E-state index contributed by atoms with van der Waals surface area (Å²) in [5.41, 5.74) is 6.93. The molecular weight excluding hydrogens is 316 g/mol. The summed E-state index contributed by atoms with van der Waals surface area (Å²) < 4.78 is 1.05. The number of halogens is 1. The van der Waals surface area contributed by atoms with Crippen molar-refractivity contribution in [2.45, 2.75) is 38.6 Å². The minimum atomic E-state index is 0.0379. The predicted octanol–water partition coefficient (Wildman–Crippen LogP) is 3.39. The van der Waals surface area contributed by atoms with Crippen molar-refractivity contribution in [2.75, 3.05) is 6.54 Å². The largest absolute Gasteiger partial charge is 0.349 e. The first-order valence-electron chi connectivity index (χ1n) is 7.37. The molecule has 2 unspecified atom stereocenters. The maximum atomic E-state index is 12.4. The summed E-state index contributed by atoms with van der Waals surface area (Å²) in [6.45, 7) is 2.65. The number of benzene rings is 1. The van der Waals surface area contributed by atoms with Crippen LogP contribution in [0.1, 0.15) is 44.2 Å². The summed E-state index contributed by atoms with van der Waals surface area (Å²) in [6, 6.07) is 8.12. The Labute approximate surface area is 129 Å². The Kier molecular flexibility index (Phi) is 5.61. The topological polar surface area (TPSA) is 55.1 Å². The van der Waals surface area contributed by atoms with E-state index in [1.54, 1.807) is 0 Å². The van der Waals surface area contributed by atoms with Gasteiger partial charge in [0.1, 0.15) is 0 Å². The molecule has 4 heteroatoms. The summed E-state index contributed by atoms with van der Waals surface area (Å²) in [5.74, 6) is 0.600. The molecule has 0 heterocycles. The van der Waals surface area contributed by atoms with E-state index >= 15 is 0 Å². The second kappa shape index (κ2) is 7.23. The minimum absolute atomic E-state index is 0.0379. The molecule has 1 saturated carbocycles. The Morgan fingerprint density at radius 3 is 2.65 bits per heavy atom. The molecule has 0 aromatic heterocycles. The summed E-state index contributed by atoms with van der Waals surface area (Å²) in [4.78, 5) is 12.4. The first-order valence-corrected chi connectivity index (χ1v) is 8.17. The average Bonchev–Trinajstić information content (AvgIpc) is 2.47. The molecule has 1 fully saturated rings. The molecule has 1 aliphatic rings. The van der Waals surface area contributed by atoms with E-state index in [1.807, 2.05) is 31.2 Å². The van der Waals surface area contributed by atoms with Gasteiger partial charge in [-0.1, -0.05) is 40.9 Å².